The van der Waals surface area contributed by atoms with Gasteiger partial charge in [-0.1, -0.05) is 29.8 Å². The van der Waals surface area contributed by atoms with Crippen molar-refractivity contribution >= 4 is 32.7 Å². The Kier molecular flexibility index (Phi) is 3.74. The van der Waals surface area contributed by atoms with E-state index < -0.39 is 10.1 Å². The largest absolute Gasteiger partial charge is 0.295 e. The molecule has 2 aromatic rings. The number of halogens is 1. The minimum atomic E-state index is -4.21. The Hall–Kier alpha value is -0.920. The van der Waals surface area contributed by atoms with Crippen molar-refractivity contribution in [2.45, 2.75) is 11.8 Å². The Morgan fingerprint density at radius 2 is 1.67 bits per heavy atom. The van der Waals surface area contributed by atoms with Crippen LogP contribution < -0.4 is 0 Å². The summed E-state index contributed by atoms with van der Waals surface area (Å²) in [5.74, 6) is 0. The minimum Gasteiger partial charge on any atom is -0.282 e. The second kappa shape index (κ2) is 4.99. The van der Waals surface area contributed by atoms with Crippen LogP contribution in [0.25, 0.3) is 11.1 Å². The van der Waals surface area contributed by atoms with E-state index in [0.29, 0.717) is 5.56 Å². The van der Waals surface area contributed by atoms with Crippen molar-refractivity contribution in [2.75, 3.05) is 0 Å². The second-order valence-electron chi connectivity index (χ2n) is 3.98. The van der Waals surface area contributed by atoms with E-state index in [4.69, 9.17) is 0 Å². The molecule has 2 rings (SSSR count). The van der Waals surface area contributed by atoms with Gasteiger partial charge in [-0.3, -0.25) is 4.55 Å². The van der Waals surface area contributed by atoms with E-state index >= 15 is 0 Å². The SMILES string of the molecule is Cc1ccc(S(=O)(=O)O)c(-c2ccc(I)cc2)c1. The molecule has 0 saturated carbocycles. The number of rotatable bonds is 2. The molecule has 0 aliphatic heterocycles. The van der Waals surface area contributed by atoms with Crippen molar-refractivity contribution < 1.29 is 13.0 Å². The molecule has 0 aliphatic carbocycles. The maximum atomic E-state index is 11.4. The summed E-state index contributed by atoms with van der Waals surface area (Å²) in [4.78, 5) is -0.0608. The smallest absolute Gasteiger partial charge is 0.282 e. The number of hydrogen-bond acceptors (Lipinski definition) is 2. The first-order chi connectivity index (χ1) is 8.38. The van der Waals surface area contributed by atoms with Gasteiger partial charge in [-0.05, 0) is 53.3 Å². The summed E-state index contributed by atoms with van der Waals surface area (Å²) in [5.41, 5.74) is 2.23. The van der Waals surface area contributed by atoms with Gasteiger partial charge in [0.15, 0.2) is 0 Å². The fourth-order valence-electron chi connectivity index (χ4n) is 1.72. The Bertz CT molecular complexity index is 676. The summed E-state index contributed by atoms with van der Waals surface area (Å²) in [7, 11) is -4.21. The number of hydrogen-bond donors (Lipinski definition) is 1. The lowest BCUT2D eigenvalue weighted by Crippen LogP contribution is -2.01. The van der Waals surface area contributed by atoms with Crippen LogP contribution in [0.4, 0.5) is 0 Å². The first-order valence-corrected chi connectivity index (χ1v) is 7.74. The van der Waals surface area contributed by atoms with Gasteiger partial charge in [0.05, 0.1) is 0 Å². The third kappa shape index (κ3) is 2.90. The van der Waals surface area contributed by atoms with Crippen LogP contribution in [0, 0.1) is 10.5 Å². The quantitative estimate of drug-likeness (QED) is 0.647. The van der Waals surface area contributed by atoms with Crippen LogP contribution >= 0.6 is 22.6 Å². The van der Waals surface area contributed by atoms with Gasteiger partial charge in [-0.25, -0.2) is 0 Å². The molecule has 0 heterocycles. The molecule has 2 aromatic carbocycles. The molecule has 1 N–H and O–H groups in total. The van der Waals surface area contributed by atoms with Crippen molar-refractivity contribution in [1.29, 1.82) is 0 Å². The van der Waals surface area contributed by atoms with E-state index in [0.717, 1.165) is 14.7 Å². The lowest BCUT2D eigenvalue weighted by molar-refractivity contribution is 0.483. The molecule has 0 aromatic heterocycles. The highest BCUT2D eigenvalue weighted by atomic mass is 127. The molecule has 0 saturated heterocycles. The van der Waals surface area contributed by atoms with E-state index in [9.17, 15) is 13.0 Å². The molecule has 5 heteroatoms. The van der Waals surface area contributed by atoms with Gasteiger partial charge in [0.25, 0.3) is 10.1 Å². The van der Waals surface area contributed by atoms with Crippen molar-refractivity contribution in [2.24, 2.45) is 0 Å². The predicted octanol–water partition coefficient (Wildman–Crippen LogP) is 3.51. The van der Waals surface area contributed by atoms with Crippen molar-refractivity contribution in [3.8, 4) is 11.1 Å². The average Bonchev–Trinajstić information content (AvgIpc) is 2.28. The van der Waals surface area contributed by atoms with Crippen LogP contribution in [0.15, 0.2) is 47.4 Å². The van der Waals surface area contributed by atoms with E-state index in [1.807, 2.05) is 31.2 Å². The molecule has 3 nitrogen and oxygen atoms in total. The van der Waals surface area contributed by atoms with E-state index in [1.54, 1.807) is 12.1 Å². The average molecular weight is 374 g/mol. The molecule has 18 heavy (non-hydrogen) atoms. The zero-order valence-corrected chi connectivity index (χ0v) is 12.6. The molecule has 0 amide bonds. The van der Waals surface area contributed by atoms with Crippen LogP contribution in [0.2, 0.25) is 0 Å². The Balaban J connectivity index is 2.69. The Morgan fingerprint density at radius 3 is 2.22 bits per heavy atom. The molecular formula is C13H11IO3S. The summed E-state index contributed by atoms with van der Waals surface area (Å²) in [5, 5.41) is 0. The standard InChI is InChI=1S/C13H11IO3S/c1-9-2-7-13(18(15,16)17)12(8-9)10-3-5-11(14)6-4-10/h2-8H,1H3,(H,15,16,17). The molecule has 0 aliphatic rings. The van der Waals surface area contributed by atoms with E-state index in [1.165, 1.54) is 6.07 Å². The van der Waals surface area contributed by atoms with Crippen LogP contribution in [0.1, 0.15) is 5.56 Å². The van der Waals surface area contributed by atoms with Crippen molar-refractivity contribution in [3.63, 3.8) is 0 Å². The molecular weight excluding hydrogens is 363 g/mol. The summed E-state index contributed by atoms with van der Waals surface area (Å²) in [6, 6.07) is 12.3. The van der Waals surface area contributed by atoms with Gasteiger partial charge in [-0.2, -0.15) is 8.42 Å². The van der Waals surface area contributed by atoms with Crippen molar-refractivity contribution in [3.05, 3.63) is 51.6 Å². The van der Waals surface area contributed by atoms with E-state index in [2.05, 4.69) is 22.6 Å². The first-order valence-electron chi connectivity index (χ1n) is 5.22. The van der Waals surface area contributed by atoms with Gasteiger partial charge < -0.3 is 0 Å². The topological polar surface area (TPSA) is 54.4 Å². The van der Waals surface area contributed by atoms with Crippen LogP contribution in [0.3, 0.4) is 0 Å². The maximum Gasteiger partial charge on any atom is 0.295 e. The lowest BCUT2D eigenvalue weighted by Gasteiger charge is -2.08. The third-order valence-electron chi connectivity index (χ3n) is 2.57. The summed E-state index contributed by atoms with van der Waals surface area (Å²) >= 11 is 2.18. The highest BCUT2D eigenvalue weighted by Crippen LogP contribution is 2.28. The van der Waals surface area contributed by atoms with Gasteiger partial charge >= 0.3 is 0 Å². The molecule has 0 radical (unpaired) electrons. The van der Waals surface area contributed by atoms with Gasteiger partial charge in [0.2, 0.25) is 0 Å². The van der Waals surface area contributed by atoms with Crippen LogP contribution in [0.5, 0.6) is 0 Å². The lowest BCUT2D eigenvalue weighted by atomic mass is 10.0. The zero-order valence-electron chi connectivity index (χ0n) is 9.59. The Labute approximate surface area is 120 Å². The van der Waals surface area contributed by atoms with Gasteiger partial charge in [0, 0.05) is 9.13 Å². The van der Waals surface area contributed by atoms with Crippen LogP contribution in [-0.2, 0) is 10.1 Å². The molecule has 0 fully saturated rings. The Morgan fingerprint density at radius 1 is 1.06 bits per heavy atom. The minimum absolute atomic E-state index is 0.0608. The molecule has 0 bridgehead atoms. The predicted molar refractivity (Wildman–Crippen MR) is 79.1 cm³/mol. The highest BCUT2D eigenvalue weighted by molar-refractivity contribution is 14.1. The second-order valence-corrected chi connectivity index (χ2v) is 6.62. The van der Waals surface area contributed by atoms with Crippen molar-refractivity contribution in [1.82, 2.24) is 0 Å². The molecule has 0 spiro atoms. The fourth-order valence-corrected chi connectivity index (χ4v) is 2.78. The fraction of sp³-hybridized carbons (Fsp3) is 0.0769. The zero-order chi connectivity index (χ0) is 13.3. The highest BCUT2D eigenvalue weighted by Gasteiger charge is 2.16. The van der Waals surface area contributed by atoms with Crippen LogP contribution in [-0.4, -0.2) is 13.0 Å². The normalized spacial score (nSPS) is 11.5. The summed E-state index contributed by atoms with van der Waals surface area (Å²) in [6.07, 6.45) is 0. The molecule has 0 unspecified atom stereocenters. The van der Waals surface area contributed by atoms with E-state index in [-0.39, 0.29) is 4.90 Å². The maximum absolute atomic E-state index is 11.4. The summed E-state index contributed by atoms with van der Waals surface area (Å²) < 4.78 is 33.0. The summed E-state index contributed by atoms with van der Waals surface area (Å²) in [6.45, 7) is 1.88. The van der Waals surface area contributed by atoms with Gasteiger partial charge in [-0.15, -0.1) is 0 Å². The monoisotopic (exact) mass is 374 g/mol. The molecule has 94 valence electrons. The molecule has 0 atom stereocenters. The number of benzene rings is 2. The van der Waals surface area contributed by atoms with Gasteiger partial charge in [0.1, 0.15) is 4.90 Å². The third-order valence-corrected chi connectivity index (χ3v) is 4.20. The number of aryl methyl sites for hydroxylation is 1. The first kappa shape index (κ1) is 13.5.